The summed E-state index contributed by atoms with van der Waals surface area (Å²) in [4.78, 5) is 12.0. The van der Waals surface area contributed by atoms with E-state index >= 15 is 0 Å². The van der Waals surface area contributed by atoms with E-state index in [-0.39, 0.29) is 12.5 Å². The molecule has 0 aliphatic heterocycles. The highest BCUT2D eigenvalue weighted by Gasteiger charge is 2.08. The van der Waals surface area contributed by atoms with Crippen LogP contribution in [0.15, 0.2) is 36.4 Å². The first-order valence-electron chi connectivity index (χ1n) is 6.21. The number of hydrogen-bond acceptors (Lipinski definition) is 2. The van der Waals surface area contributed by atoms with Gasteiger partial charge in [0, 0.05) is 15.7 Å². The first-order valence-corrected chi connectivity index (χ1v) is 7.34. The molecule has 0 radical (unpaired) electrons. The Balaban J connectivity index is 1.99. The van der Waals surface area contributed by atoms with Crippen LogP contribution in [0.25, 0.3) is 0 Å². The van der Waals surface area contributed by atoms with Gasteiger partial charge in [0.2, 0.25) is 5.91 Å². The van der Waals surface area contributed by atoms with Crippen LogP contribution in [0.1, 0.15) is 5.56 Å². The Morgan fingerprint density at radius 1 is 1.05 bits per heavy atom. The maximum Gasteiger partial charge on any atom is 0.243 e. The molecule has 21 heavy (non-hydrogen) atoms. The highest BCUT2D eigenvalue weighted by Crippen LogP contribution is 2.25. The molecule has 0 bridgehead atoms. The summed E-state index contributed by atoms with van der Waals surface area (Å²) in [5.74, 6) is -0.198. The van der Waals surface area contributed by atoms with E-state index in [0.29, 0.717) is 26.4 Å². The van der Waals surface area contributed by atoms with Crippen molar-refractivity contribution in [1.82, 2.24) is 0 Å². The number of rotatable bonds is 4. The van der Waals surface area contributed by atoms with E-state index in [2.05, 4.69) is 10.6 Å². The first kappa shape index (κ1) is 16.0. The first-order chi connectivity index (χ1) is 9.97. The molecular weight excluding hydrogens is 331 g/mol. The van der Waals surface area contributed by atoms with Crippen molar-refractivity contribution < 1.29 is 4.79 Å². The molecule has 2 aromatic carbocycles. The summed E-state index contributed by atoms with van der Waals surface area (Å²) in [5.41, 5.74) is 2.13. The fourth-order valence-electron chi connectivity index (χ4n) is 1.75. The smallest absolute Gasteiger partial charge is 0.243 e. The Morgan fingerprint density at radius 3 is 2.57 bits per heavy atom. The zero-order valence-electron chi connectivity index (χ0n) is 11.2. The number of anilines is 2. The van der Waals surface area contributed by atoms with Crippen molar-refractivity contribution in [3.8, 4) is 0 Å². The third kappa shape index (κ3) is 4.27. The van der Waals surface area contributed by atoms with Crippen LogP contribution in [-0.2, 0) is 4.79 Å². The molecule has 3 nitrogen and oxygen atoms in total. The minimum atomic E-state index is -0.198. The summed E-state index contributed by atoms with van der Waals surface area (Å²) in [6, 6.07) is 10.4. The lowest BCUT2D eigenvalue weighted by Gasteiger charge is -2.11. The van der Waals surface area contributed by atoms with Crippen molar-refractivity contribution in [1.29, 1.82) is 0 Å². The minimum absolute atomic E-state index is 0.0754. The van der Waals surface area contributed by atoms with E-state index in [1.807, 2.05) is 6.92 Å². The second-order valence-corrected chi connectivity index (χ2v) is 5.69. The second kappa shape index (κ2) is 7.03. The zero-order valence-corrected chi connectivity index (χ0v) is 13.5. The summed E-state index contributed by atoms with van der Waals surface area (Å²) in [6.07, 6.45) is 0. The van der Waals surface area contributed by atoms with Crippen molar-refractivity contribution in [2.75, 3.05) is 17.2 Å². The topological polar surface area (TPSA) is 41.1 Å². The quantitative estimate of drug-likeness (QED) is 0.819. The molecule has 0 aliphatic rings. The molecule has 2 rings (SSSR count). The fourth-order valence-corrected chi connectivity index (χ4v) is 2.28. The summed E-state index contributed by atoms with van der Waals surface area (Å²) in [7, 11) is 0. The van der Waals surface area contributed by atoms with E-state index < -0.39 is 0 Å². The van der Waals surface area contributed by atoms with Gasteiger partial charge in [-0.15, -0.1) is 0 Å². The van der Waals surface area contributed by atoms with Crippen LogP contribution < -0.4 is 10.6 Å². The van der Waals surface area contributed by atoms with Gasteiger partial charge in [0.15, 0.2) is 0 Å². The van der Waals surface area contributed by atoms with Crippen LogP contribution >= 0.6 is 34.8 Å². The van der Waals surface area contributed by atoms with Gasteiger partial charge in [-0.3, -0.25) is 4.79 Å². The maximum absolute atomic E-state index is 12.0. The number of carbonyl (C=O) groups excluding carboxylic acids is 1. The molecule has 0 aromatic heterocycles. The lowest BCUT2D eigenvalue weighted by molar-refractivity contribution is -0.114. The molecule has 2 N–H and O–H groups in total. The van der Waals surface area contributed by atoms with E-state index in [0.717, 1.165) is 5.56 Å². The van der Waals surface area contributed by atoms with Gasteiger partial charge in [0.1, 0.15) is 0 Å². The Hall–Kier alpha value is -1.42. The predicted octanol–water partition coefficient (Wildman–Crippen LogP) is 5.01. The van der Waals surface area contributed by atoms with Crippen LogP contribution in [0.3, 0.4) is 0 Å². The molecule has 2 aromatic rings. The Morgan fingerprint density at radius 2 is 1.81 bits per heavy atom. The number of benzene rings is 2. The molecule has 0 saturated heterocycles. The SMILES string of the molecule is Cc1c(Cl)cccc1NC(=O)CNc1cc(Cl)ccc1Cl. The van der Waals surface area contributed by atoms with Crippen molar-refractivity contribution in [3.63, 3.8) is 0 Å². The monoisotopic (exact) mass is 342 g/mol. The summed E-state index contributed by atoms with van der Waals surface area (Å²) >= 11 is 17.9. The molecular formula is C15H13Cl3N2O. The molecule has 0 saturated carbocycles. The Labute approximate surface area is 138 Å². The molecule has 0 unspecified atom stereocenters. The molecule has 0 atom stereocenters. The maximum atomic E-state index is 12.0. The molecule has 0 spiro atoms. The standard InChI is InChI=1S/C15H13Cl3N2O/c1-9-11(17)3-2-4-13(9)20-15(21)8-19-14-7-10(16)5-6-12(14)18/h2-7,19H,8H2,1H3,(H,20,21). The van der Waals surface area contributed by atoms with Crippen molar-refractivity contribution in [2.24, 2.45) is 0 Å². The normalized spacial score (nSPS) is 10.3. The van der Waals surface area contributed by atoms with Gasteiger partial charge in [-0.25, -0.2) is 0 Å². The van der Waals surface area contributed by atoms with Gasteiger partial charge in [-0.2, -0.15) is 0 Å². The molecule has 0 aliphatic carbocycles. The molecule has 0 heterocycles. The van der Waals surface area contributed by atoms with E-state index in [9.17, 15) is 4.79 Å². The van der Waals surface area contributed by atoms with Crippen LogP contribution in [-0.4, -0.2) is 12.5 Å². The molecule has 6 heteroatoms. The van der Waals surface area contributed by atoms with Crippen LogP contribution in [0, 0.1) is 6.92 Å². The van der Waals surface area contributed by atoms with E-state index in [1.54, 1.807) is 36.4 Å². The van der Waals surface area contributed by atoms with Gasteiger partial charge in [-0.1, -0.05) is 40.9 Å². The Kier molecular flexibility index (Phi) is 5.34. The lowest BCUT2D eigenvalue weighted by atomic mass is 10.2. The largest absolute Gasteiger partial charge is 0.375 e. The number of amides is 1. The summed E-state index contributed by atoms with van der Waals surface area (Å²) in [6.45, 7) is 1.92. The number of nitrogens with one attached hydrogen (secondary N) is 2. The van der Waals surface area contributed by atoms with Gasteiger partial charge in [0.25, 0.3) is 0 Å². The zero-order chi connectivity index (χ0) is 15.4. The highest BCUT2D eigenvalue weighted by atomic mass is 35.5. The van der Waals surface area contributed by atoms with Crippen molar-refractivity contribution >= 4 is 52.1 Å². The Bertz CT molecular complexity index is 674. The number of carbonyl (C=O) groups is 1. The number of hydrogen-bond donors (Lipinski definition) is 2. The van der Waals surface area contributed by atoms with E-state index in [4.69, 9.17) is 34.8 Å². The minimum Gasteiger partial charge on any atom is -0.375 e. The van der Waals surface area contributed by atoms with Gasteiger partial charge in [-0.05, 0) is 42.8 Å². The van der Waals surface area contributed by atoms with Crippen molar-refractivity contribution in [3.05, 3.63) is 57.0 Å². The second-order valence-electron chi connectivity index (χ2n) is 4.44. The van der Waals surface area contributed by atoms with Gasteiger partial charge in [0.05, 0.1) is 17.3 Å². The van der Waals surface area contributed by atoms with Crippen LogP contribution in [0.5, 0.6) is 0 Å². The third-order valence-electron chi connectivity index (χ3n) is 2.91. The average Bonchev–Trinajstić information content (AvgIpc) is 2.45. The predicted molar refractivity (Wildman–Crippen MR) is 89.8 cm³/mol. The lowest BCUT2D eigenvalue weighted by Crippen LogP contribution is -2.22. The number of halogens is 3. The summed E-state index contributed by atoms with van der Waals surface area (Å²) in [5, 5.41) is 7.40. The van der Waals surface area contributed by atoms with Gasteiger partial charge < -0.3 is 10.6 Å². The van der Waals surface area contributed by atoms with Crippen LogP contribution in [0.4, 0.5) is 11.4 Å². The average molecular weight is 344 g/mol. The van der Waals surface area contributed by atoms with Crippen LogP contribution in [0.2, 0.25) is 15.1 Å². The fraction of sp³-hybridized carbons (Fsp3) is 0.133. The highest BCUT2D eigenvalue weighted by molar-refractivity contribution is 6.35. The summed E-state index contributed by atoms with van der Waals surface area (Å²) < 4.78 is 0. The molecule has 1 amide bonds. The molecule has 0 fully saturated rings. The van der Waals surface area contributed by atoms with Gasteiger partial charge >= 0.3 is 0 Å². The van der Waals surface area contributed by atoms with Crippen molar-refractivity contribution in [2.45, 2.75) is 6.92 Å². The third-order valence-corrected chi connectivity index (χ3v) is 3.88. The van der Waals surface area contributed by atoms with E-state index in [1.165, 1.54) is 0 Å². The molecule has 110 valence electrons.